The number of hydrogen-bond acceptors (Lipinski definition) is 2. The number of amides is 2. The Labute approximate surface area is 102 Å². The molecule has 90 valence electrons. The molecule has 4 nitrogen and oxygen atoms in total. The molecule has 0 heterocycles. The maximum Gasteiger partial charge on any atom is 0.313 e. The van der Waals surface area contributed by atoms with Crippen molar-refractivity contribution in [1.82, 2.24) is 5.32 Å². The Balaban J connectivity index is 1.96. The van der Waals surface area contributed by atoms with Crippen LogP contribution in [0.3, 0.4) is 0 Å². The van der Waals surface area contributed by atoms with Crippen molar-refractivity contribution in [2.24, 2.45) is 0 Å². The van der Waals surface area contributed by atoms with Gasteiger partial charge in [0.15, 0.2) is 0 Å². The Morgan fingerprint density at radius 3 is 2.59 bits per heavy atom. The first-order valence-electron chi connectivity index (χ1n) is 5.13. The van der Waals surface area contributed by atoms with E-state index in [0.29, 0.717) is 0 Å². The van der Waals surface area contributed by atoms with E-state index in [2.05, 4.69) is 10.6 Å². The van der Waals surface area contributed by atoms with Crippen molar-refractivity contribution in [1.29, 1.82) is 0 Å². The van der Waals surface area contributed by atoms with Crippen molar-refractivity contribution in [3.63, 3.8) is 0 Å². The first-order valence-corrected chi connectivity index (χ1v) is 5.51. The lowest BCUT2D eigenvalue weighted by Crippen LogP contribution is -2.36. The fourth-order valence-corrected chi connectivity index (χ4v) is 1.42. The van der Waals surface area contributed by atoms with Gasteiger partial charge in [0.2, 0.25) is 0 Å². The molecule has 0 saturated heterocycles. The number of carbonyl (C=O) groups is 2. The van der Waals surface area contributed by atoms with Crippen LogP contribution in [0.5, 0.6) is 0 Å². The number of hydrogen-bond donors (Lipinski definition) is 2. The molecular formula is C11H10ClFN2O2. The fraction of sp³-hybridized carbons (Fsp3) is 0.273. The lowest BCUT2D eigenvalue weighted by Gasteiger charge is -2.06. The molecule has 0 unspecified atom stereocenters. The van der Waals surface area contributed by atoms with Crippen LogP contribution in [0.2, 0.25) is 5.02 Å². The molecule has 0 atom stereocenters. The van der Waals surface area contributed by atoms with Crippen molar-refractivity contribution in [3.8, 4) is 0 Å². The number of benzene rings is 1. The summed E-state index contributed by atoms with van der Waals surface area (Å²) < 4.78 is 12.9. The highest BCUT2D eigenvalue weighted by Gasteiger charge is 2.26. The molecule has 6 heteroatoms. The normalized spacial score (nSPS) is 14.2. The molecule has 2 amide bonds. The average Bonchev–Trinajstić information content (AvgIpc) is 3.07. The molecule has 0 aromatic heterocycles. The van der Waals surface area contributed by atoms with E-state index >= 15 is 0 Å². The van der Waals surface area contributed by atoms with E-state index in [1.54, 1.807) is 0 Å². The standard InChI is InChI=1S/C11H10ClFN2O2/c12-8-5-7(3-4-9(8)13)15-11(17)10(16)14-6-1-2-6/h3-6H,1-2H2,(H,14,16)(H,15,17). The molecular weight excluding hydrogens is 247 g/mol. The van der Waals surface area contributed by atoms with E-state index < -0.39 is 17.6 Å². The molecule has 0 aliphatic heterocycles. The average molecular weight is 257 g/mol. The smallest absolute Gasteiger partial charge is 0.313 e. The van der Waals surface area contributed by atoms with Gasteiger partial charge >= 0.3 is 11.8 Å². The zero-order valence-corrected chi connectivity index (χ0v) is 9.55. The molecule has 1 aliphatic carbocycles. The van der Waals surface area contributed by atoms with Crippen LogP contribution in [0.1, 0.15) is 12.8 Å². The van der Waals surface area contributed by atoms with Crippen LogP contribution in [0.4, 0.5) is 10.1 Å². The summed E-state index contributed by atoms with van der Waals surface area (Å²) in [5.41, 5.74) is 0.285. The molecule has 2 rings (SSSR count). The zero-order valence-electron chi connectivity index (χ0n) is 8.80. The van der Waals surface area contributed by atoms with Gasteiger partial charge in [0.25, 0.3) is 0 Å². The third kappa shape index (κ3) is 3.17. The quantitative estimate of drug-likeness (QED) is 0.792. The molecule has 17 heavy (non-hydrogen) atoms. The van der Waals surface area contributed by atoms with Gasteiger partial charge in [0.1, 0.15) is 5.82 Å². The van der Waals surface area contributed by atoms with Crippen LogP contribution in [0.15, 0.2) is 18.2 Å². The van der Waals surface area contributed by atoms with E-state index in [1.807, 2.05) is 0 Å². The summed E-state index contributed by atoms with van der Waals surface area (Å²) in [4.78, 5) is 22.7. The second kappa shape index (κ2) is 4.71. The first kappa shape index (κ1) is 11.9. The van der Waals surface area contributed by atoms with Gasteiger partial charge in [0.05, 0.1) is 5.02 Å². The van der Waals surface area contributed by atoms with Crippen LogP contribution in [-0.4, -0.2) is 17.9 Å². The van der Waals surface area contributed by atoms with E-state index in [-0.39, 0.29) is 16.8 Å². The fourth-order valence-electron chi connectivity index (χ4n) is 1.24. The Kier molecular flexibility index (Phi) is 3.28. The Morgan fingerprint density at radius 1 is 1.29 bits per heavy atom. The van der Waals surface area contributed by atoms with E-state index in [0.717, 1.165) is 18.9 Å². The van der Waals surface area contributed by atoms with Gasteiger partial charge in [-0.15, -0.1) is 0 Å². The molecule has 1 aromatic rings. The van der Waals surface area contributed by atoms with Crippen molar-refractivity contribution in [2.45, 2.75) is 18.9 Å². The summed E-state index contributed by atoms with van der Waals surface area (Å²) >= 11 is 5.54. The minimum absolute atomic E-state index is 0.106. The van der Waals surface area contributed by atoms with Gasteiger partial charge in [-0.2, -0.15) is 0 Å². The molecule has 1 saturated carbocycles. The van der Waals surface area contributed by atoms with Crippen LogP contribution >= 0.6 is 11.6 Å². The molecule has 0 spiro atoms. The predicted octanol–water partition coefficient (Wildman–Crippen LogP) is 1.70. The second-order valence-corrected chi connectivity index (χ2v) is 4.24. The van der Waals surface area contributed by atoms with E-state index in [1.165, 1.54) is 12.1 Å². The molecule has 1 aromatic carbocycles. The minimum atomic E-state index is -0.778. The van der Waals surface area contributed by atoms with Crippen molar-refractivity contribution < 1.29 is 14.0 Å². The molecule has 0 bridgehead atoms. The summed E-state index contributed by atoms with van der Waals surface area (Å²) in [6.07, 6.45) is 1.81. The summed E-state index contributed by atoms with van der Waals surface area (Å²) in [5, 5.41) is 4.78. The maximum absolute atomic E-state index is 12.9. The lowest BCUT2D eigenvalue weighted by atomic mass is 10.3. The topological polar surface area (TPSA) is 58.2 Å². The molecule has 1 aliphatic rings. The Hall–Kier alpha value is -1.62. The van der Waals surface area contributed by atoms with Gasteiger partial charge in [-0.1, -0.05) is 11.6 Å². The van der Waals surface area contributed by atoms with Crippen molar-refractivity contribution in [3.05, 3.63) is 29.0 Å². The van der Waals surface area contributed by atoms with E-state index in [9.17, 15) is 14.0 Å². The Morgan fingerprint density at radius 2 is 2.00 bits per heavy atom. The number of nitrogens with one attached hydrogen (secondary N) is 2. The molecule has 0 radical (unpaired) electrons. The summed E-state index contributed by atoms with van der Waals surface area (Å²) in [6, 6.07) is 3.82. The SMILES string of the molecule is O=C(Nc1ccc(F)c(Cl)c1)C(=O)NC1CC1. The van der Waals surface area contributed by atoms with E-state index in [4.69, 9.17) is 11.6 Å². The summed E-state index contributed by atoms with van der Waals surface area (Å²) in [5.74, 6) is -2.04. The zero-order chi connectivity index (χ0) is 12.4. The molecule has 1 fully saturated rings. The van der Waals surface area contributed by atoms with Crippen molar-refractivity contribution in [2.75, 3.05) is 5.32 Å². The summed E-state index contributed by atoms with van der Waals surface area (Å²) in [7, 11) is 0. The van der Waals surface area contributed by atoms with Gasteiger partial charge in [-0.25, -0.2) is 4.39 Å². The number of rotatable bonds is 2. The third-order valence-corrected chi connectivity index (χ3v) is 2.59. The van der Waals surface area contributed by atoms with Gasteiger partial charge < -0.3 is 10.6 Å². The van der Waals surface area contributed by atoms with Gasteiger partial charge in [-0.05, 0) is 31.0 Å². The highest BCUT2D eigenvalue weighted by Crippen LogP contribution is 2.20. The predicted molar refractivity (Wildman–Crippen MR) is 61.2 cm³/mol. The van der Waals surface area contributed by atoms with Gasteiger partial charge in [-0.3, -0.25) is 9.59 Å². The van der Waals surface area contributed by atoms with Crippen molar-refractivity contribution >= 4 is 29.1 Å². The van der Waals surface area contributed by atoms with Crippen LogP contribution < -0.4 is 10.6 Å². The molecule has 2 N–H and O–H groups in total. The Bertz CT molecular complexity index is 475. The first-order chi connectivity index (χ1) is 8.06. The maximum atomic E-state index is 12.9. The van der Waals surface area contributed by atoms with Gasteiger partial charge in [0, 0.05) is 11.7 Å². The number of carbonyl (C=O) groups excluding carboxylic acids is 2. The highest BCUT2D eigenvalue weighted by atomic mass is 35.5. The highest BCUT2D eigenvalue weighted by molar-refractivity contribution is 6.40. The number of halogens is 2. The van der Waals surface area contributed by atoms with Crippen LogP contribution in [0, 0.1) is 5.82 Å². The largest absolute Gasteiger partial charge is 0.345 e. The minimum Gasteiger partial charge on any atom is -0.345 e. The number of anilines is 1. The lowest BCUT2D eigenvalue weighted by molar-refractivity contribution is -0.136. The third-order valence-electron chi connectivity index (χ3n) is 2.30. The monoisotopic (exact) mass is 256 g/mol. The van der Waals surface area contributed by atoms with Crippen LogP contribution in [-0.2, 0) is 9.59 Å². The summed E-state index contributed by atoms with van der Waals surface area (Å²) in [6.45, 7) is 0. The van der Waals surface area contributed by atoms with Crippen LogP contribution in [0.25, 0.3) is 0 Å². The second-order valence-electron chi connectivity index (χ2n) is 3.83.